The monoisotopic (exact) mass is 667 g/mol. The quantitative estimate of drug-likeness (QED) is 0.185. The molecule has 0 amide bonds. The van der Waals surface area contributed by atoms with Crippen molar-refractivity contribution in [2.75, 3.05) is 0 Å². The van der Waals surface area contributed by atoms with Gasteiger partial charge in [-0.2, -0.15) is 0 Å². The lowest BCUT2D eigenvalue weighted by atomic mass is 9.79. The molecule has 52 heavy (non-hydrogen) atoms. The summed E-state index contributed by atoms with van der Waals surface area (Å²) in [6, 6.07) is 56.8. The summed E-state index contributed by atoms with van der Waals surface area (Å²) in [4.78, 5) is 15.3. The Morgan fingerprint density at radius 2 is 1.00 bits per heavy atom. The average molecular weight is 668 g/mol. The second-order valence-electron chi connectivity index (χ2n) is 12.9. The summed E-state index contributed by atoms with van der Waals surface area (Å²) < 4.78 is 0. The average Bonchev–Trinajstić information content (AvgIpc) is 3.22. The zero-order valence-corrected chi connectivity index (χ0v) is 28.2. The van der Waals surface area contributed by atoms with Crippen molar-refractivity contribution in [3.8, 4) is 56.3 Å². The second kappa shape index (κ2) is 13.1. The molecule has 1 unspecified atom stereocenters. The van der Waals surface area contributed by atoms with Crippen LogP contribution in [0.25, 0.3) is 78.8 Å². The summed E-state index contributed by atoms with van der Waals surface area (Å²) in [5.41, 5.74) is 20.3. The number of pyridine rings is 1. The van der Waals surface area contributed by atoms with Gasteiger partial charge in [-0.25, -0.2) is 15.0 Å². The van der Waals surface area contributed by atoms with Crippen molar-refractivity contribution in [1.29, 1.82) is 5.41 Å². The van der Waals surface area contributed by atoms with E-state index in [1.165, 1.54) is 0 Å². The van der Waals surface area contributed by atoms with Crippen molar-refractivity contribution >= 4 is 28.3 Å². The molecule has 0 bridgehead atoms. The number of nitrogens with two attached hydrogens (primary N) is 1. The van der Waals surface area contributed by atoms with E-state index in [-0.39, 0.29) is 0 Å². The lowest BCUT2D eigenvalue weighted by Gasteiger charge is -2.28. The predicted molar refractivity (Wildman–Crippen MR) is 214 cm³/mol. The molecule has 1 aliphatic carbocycles. The normalized spacial score (nSPS) is 13.8. The summed E-state index contributed by atoms with van der Waals surface area (Å²) in [6.07, 6.45) is 2.14. The molecule has 2 heterocycles. The minimum atomic E-state index is -0.588. The number of nitrogens with one attached hydrogen (secondary N) is 1. The molecule has 5 nitrogen and oxygen atoms in total. The number of rotatable bonds is 6. The molecule has 5 heteroatoms. The van der Waals surface area contributed by atoms with E-state index in [1.54, 1.807) is 0 Å². The molecule has 2 aromatic heterocycles. The van der Waals surface area contributed by atoms with Crippen molar-refractivity contribution in [2.45, 2.75) is 6.04 Å². The molecule has 6 aromatic carbocycles. The first-order valence-electron chi connectivity index (χ1n) is 17.4. The van der Waals surface area contributed by atoms with Crippen molar-refractivity contribution in [2.24, 2.45) is 5.73 Å². The van der Waals surface area contributed by atoms with E-state index in [4.69, 9.17) is 20.7 Å². The van der Waals surface area contributed by atoms with Crippen LogP contribution in [-0.4, -0.2) is 26.7 Å². The lowest BCUT2D eigenvalue weighted by Crippen LogP contribution is -2.35. The fraction of sp³-hybridized carbons (Fsp3) is 0.0213. The van der Waals surface area contributed by atoms with Crippen LogP contribution in [0.1, 0.15) is 16.7 Å². The molecule has 0 saturated heterocycles. The molecule has 1 atom stereocenters. The summed E-state index contributed by atoms with van der Waals surface area (Å²) in [5, 5.41) is 10.5. The van der Waals surface area contributed by atoms with Gasteiger partial charge >= 0.3 is 0 Å². The highest BCUT2D eigenvalue weighted by Crippen LogP contribution is 2.42. The van der Waals surface area contributed by atoms with Crippen LogP contribution in [0.3, 0.4) is 0 Å². The van der Waals surface area contributed by atoms with Gasteiger partial charge in [0, 0.05) is 38.8 Å². The van der Waals surface area contributed by atoms with Gasteiger partial charge < -0.3 is 11.1 Å². The first kappa shape index (κ1) is 31.2. The first-order chi connectivity index (χ1) is 25.6. The maximum absolute atomic E-state index is 9.58. The van der Waals surface area contributed by atoms with Crippen molar-refractivity contribution < 1.29 is 0 Å². The first-order valence-corrected chi connectivity index (χ1v) is 17.4. The minimum absolute atomic E-state index is 0.382. The third kappa shape index (κ3) is 5.59. The van der Waals surface area contributed by atoms with Crippen LogP contribution in [0, 0.1) is 5.41 Å². The molecule has 0 spiro atoms. The van der Waals surface area contributed by atoms with Gasteiger partial charge in [-0.15, -0.1) is 0 Å². The Kier molecular flexibility index (Phi) is 7.88. The van der Waals surface area contributed by atoms with Crippen molar-refractivity contribution in [3.63, 3.8) is 0 Å². The molecule has 1 aliphatic rings. The Labute approximate surface area is 302 Å². The highest BCUT2D eigenvalue weighted by molar-refractivity contribution is 6.25. The van der Waals surface area contributed by atoms with Gasteiger partial charge in [0.15, 0.2) is 5.82 Å². The predicted octanol–water partition coefficient (Wildman–Crippen LogP) is 10.6. The van der Waals surface area contributed by atoms with E-state index in [9.17, 15) is 5.41 Å². The van der Waals surface area contributed by atoms with Crippen LogP contribution in [0.15, 0.2) is 170 Å². The zero-order valence-electron chi connectivity index (χ0n) is 28.2. The van der Waals surface area contributed by atoms with E-state index in [0.29, 0.717) is 11.5 Å². The molecular formula is C47H33N5. The molecule has 0 saturated carbocycles. The van der Waals surface area contributed by atoms with E-state index in [2.05, 4.69) is 78.9 Å². The van der Waals surface area contributed by atoms with Crippen LogP contribution in [0.2, 0.25) is 0 Å². The van der Waals surface area contributed by atoms with Gasteiger partial charge in [-0.05, 0) is 40.5 Å². The van der Waals surface area contributed by atoms with E-state index >= 15 is 0 Å². The van der Waals surface area contributed by atoms with Gasteiger partial charge in [0.1, 0.15) is 0 Å². The number of hydrogen-bond acceptors (Lipinski definition) is 5. The smallest absolute Gasteiger partial charge is 0.160 e. The topological polar surface area (TPSA) is 88.5 Å². The molecular weight excluding hydrogens is 635 g/mol. The fourth-order valence-electron chi connectivity index (χ4n) is 7.15. The summed E-state index contributed by atoms with van der Waals surface area (Å²) in [6.45, 7) is 0. The molecule has 8 aromatic rings. The maximum Gasteiger partial charge on any atom is 0.160 e. The number of benzene rings is 6. The maximum atomic E-state index is 9.58. The van der Waals surface area contributed by atoms with Crippen LogP contribution < -0.4 is 5.73 Å². The van der Waals surface area contributed by atoms with Gasteiger partial charge in [0.2, 0.25) is 0 Å². The van der Waals surface area contributed by atoms with E-state index in [1.807, 2.05) is 97.1 Å². The number of aromatic nitrogens is 3. The fourth-order valence-corrected chi connectivity index (χ4v) is 7.15. The Hall–Kier alpha value is -6.82. The zero-order chi connectivity index (χ0) is 35.0. The standard InChI is InChI=1S/C47H33N5/c48-44-37(30-14-5-1-6-15-30)28-38-43(45(44)49)42-36(22-13-23-39(42)50-46(38)34-18-9-3-10-19-34)31-24-26-33(27-25-31)41-29-40(32-16-7-2-8-17-32)51-47(52-41)35-20-11-4-12-21-35/h1-29,44,49H,48H2. The van der Waals surface area contributed by atoms with Gasteiger partial charge in [0.25, 0.3) is 0 Å². The largest absolute Gasteiger partial charge is 0.319 e. The molecule has 0 radical (unpaired) electrons. The van der Waals surface area contributed by atoms with Crippen LogP contribution in [-0.2, 0) is 0 Å². The Morgan fingerprint density at radius 1 is 0.481 bits per heavy atom. The van der Waals surface area contributed by atoms with Gasteiger partial charge in [0.05, 0.1) is 34.4 Å². The summed E-state index contributed by atoms with van der Waals surface area (Å²) in [7, 11) is 0. The molecule has 3 N–H and O–H groups in total. The third-order valence-electron chi connectivity index (χ3n) is 9.74. The summed E-state index contributed by atoms with van der Waals surface area (Å²) >= 11 is 0. The highest BCUT2D eigenvalue weighted by Gasteiger charge is 2.30. The van der Waals surface area contributed by atoms with E-state index in [0.717, 1.165) is 83.6 Å². The van der Waals surface area contributed by atoms with Crippen LogP contribution >= 0.6 is 0 Å². The highest BCUT2D eigenvalue weighted by atomic mass is 14.9. The lowest BCUT2D eigenvalue weighted by molar-refractivity contribution is 1.08. The van der Waals surface area contributed by atoms with Gasteiger partial charge in [-0.3, -0.25) is 0 Å². The molecule has 0 fully saturated rings. The molecule has 9 rings (SSSR count). The Balaban J connectivity index is 1.20. The van der Waals surface area contributed by atoms with E-state index < -0.39 is 6.04 Å². The Morgan fingerprint density at radius 3 is 1.62 bits per heavy atom. The third-order valence-corrected chi connectivity index (χ3v) is 9.74. The number of hydrogen-bond donors (Lipinski definition) is 2. The summed E-state index contributed by atoms with van der Waals surface area (Å²) in [5.74, 6) is 0.680. The number of fused-ring (bicyclic) bond motifs is 3. The van der Waals surface area contributed by atoms with Gasteiger partial charge in [-0.1, -0.05) is 158 Å². The minimum Gasteiger partial charge on any atom is -0.319 e. The Bertz CT molecular complexity index is 2560. The SMILES string of the molecule is N=C1c2c(c(-c3ccccc3)nc3cccc(-c4ccc(-c5cc(-c6ccccc6)nc(-c6ccccc6)n5)cc4)c23)C=C(c2ccccc2)C1N. The second-order valence-corrected chi connectivity index (χ2v) is 12.9. The number of nitrogens with zero attached hydrogens (tertiary/aromatic N) is 3. The van der Waals surface area contributed by atoms with Crippen molar-refractivity contribution in [1.82, 2.24) is 15.0 Å². The van der Waals surface area contributed by atoms with Crippen molar-refractivity contribution in [3.05, 3.63) is 187 Å². The van der Waals surface area contributed by atoms with Crippen LogP contribution in [0.5, 0.6) is 0 Å². The molecule has 246 valence electrons. The molecule has 0 aliphatic heterocycles. The van der Waals surface area contributed by atoms with Crippen LogP contribution in [0.4, 0.5) is 0 Å².